The van der Waals surface area contributed by atoms with E-state index in [1.165, 1.54) is 0 Å². The molecule has 0 unspecified atom stereocenters. The maximum absolute atomic E-state index is 13.4. The highest BCUT2D eigenvalue weighted by atomic mass is 19.4. The number of benzene rings is 4. The van der Waals surface area contributed by atoms with Gasteiger partial charge in [0.05, 0.1) is 32.1 Å². The number of hydrogen-bond acceptors (Lipinski definition) is 7. The lowest BCUT2D eigenvalue weighted by atomic mass is 9.98. The van der Waals surface area contributed by atoms with E-state index in [4.69, 9.17) is 9.47 Å². The molecule has 0 aliphatic heterocycles. The van der Waals surface area contributed by atoms with Crippen LogP contribution in [0.15, 0.2) is 72.8 Å². The second-order valence-electron chi connectivity index (χ2n) is 10.7. The fourth-order valence-corrected chi connectivity index (χ4v) is 4.72. The van der Waals surface area contributed by atoms with Crippen LogP contribution in [0, 0.1) is 20.2 Å². The fourth-order valence-electron chi connectivity index (χ4n) is 4.72. The maximum Gasteiger partial charge on any atom is 0.519 e. The third kappa shape index (κ3) is 9.66. The molecule has 21 heteroatoms. The van der Waals surface area contributed by atoms with Gasteiger partial charge in [-0.15, -0.1) is 0 Å². The quantitative estimate of drug-likeness (QED) is 0.0577. The predicted molar refractivity (Wildman–Crippen MR) is 151 cm³/mol. The lowest BCUT2D eigenvalue weighted by Gasteiger charge is -2.16. The molecule has 0 heterocycles. The standard InChI is InChI=1S/C31H16F12N2O7/c32-28(33,34)19-7-15(8-20(13-19)29(35,36)37)5-17-11-23(44(47)48)1-3-25(17)51-27(46)52-26-4-2-24(45(49)50)12-18(26)6-16-9-21(30(38,39)40)14-22(10-16)31(41,42)43/h1-4,7-14H,5-6H2. The monoisotopic (exact) mass is 756 g/mol. The number of carbonyl (C=O) groups is 1. The first-order valence-corrected chi connectivity index (χ1v) is 13.8. The van der Waals surface area contributed by atoms with E-state index in [-0.39, 0.29) is 12.1 Å². The topological polar surface area (TPSA) is 122 Å². The highest BCUT2D eigenvalue weighted by molar-refractivity contribution is 5.69. The van der Waals surface area contributed by atoms with Crippen molar-refractivity contribution in [3.8, 4) is 11.5 Å². The highest BCUT2D eigenvalue weighted by Gasteiger charge is 2.38. The third-order valence-electron chi connectivity index (χ3n) is 6.98. The van der Waals surface area contributed by atoms with Crippen molar-refractivity contribution in [1.82, 2.24) is 0 Å². The lowest BCUT2D eigenvalue weighted by Crippen LogP contribution is -2.16. The summed E-state index contributed by atoms with van der Waals surface area (Å²) in [6.07, 6.45) is -24.7. The summed E-state index contributed by atoms with van der Waals surface area (Å²) in [5.74, 6) is -1.39. The van der Waals surface area contributed by atoms with E-state index in [2.05, 4.69) is 0 Å². The van der Waals surface area contributed by atoms with E-state index in [1.807, 2.05) is 0 Å². The number of nitro groups is 2. The molecule has 0 N–H and O–H groups in total. The number of halogens is 12. The van der Waals surface area contributed by atoms with E-state index in [1.54, 1.807) is 0 Å². The van der Waals surface area contributed by atoms with Crippen LogP contribution in [-0.4, -0.2) is 16.0 Å². The largest absolute Gasteiger partial charge is 0.519 e. The molecule has 0 saturated carbocycles. The van der Waals surface area contributed by atoms with Gasteiger partial charge in [-0.3, -0.25) is 20.2 Å². The molecule has 0 spiro atoms. The molecule has 0 aromatic heterocycles. The van der Waals surface area contributed by atoms with Gasteiger partial charge in [0.2, 0.25) is 0 Å². The molecule has 0 fully saturated rings. The van der Waals surface area contributed by atoms with Crippen molar-refractivity contribution >= 4 is 17.5 Å². The molecule has 52 heavy (non-hydrogen) atoms. The number of hydrogen-bond donors (Lipinski definition) is 0. The Bertz CT molecular complexity index is 1830. The summed E-state index contributed by atoms with van der Waals surface area (Å²) < 4.78 is 171. The van der Waals surface area contributed by atoms with Crippen LogP contribution in [0.3, 0.4) is 0 Å². The van der Waals surface area contributed by atoms with Crippen molar-refractivity contribution in [1.29, 1.82) is 0 Å². The Morgan fingerprint density at radius 2 is 0.788 bits per heavy atom. The fraction of sp³-hybridized carbons (Fsp3) is 0.194. The Hall–Kier alpha value is -5.89. The van der Waals surface area contributed by atoms with Gasteiger partial charge in [0.15, 0.2) is 0 Å². The second kappa shape index (κ2) is 14.0. The number of alkyl halides is 12. The molecular formula is C31H16F12N2O7. The second-order valence-corrected chi connectivity index (χ2v) is 10.7. The summed E-state index contributed by atoms with van der Waals surface area (Å²) in [6, 6.07) is 5.22. The number of ether oxygens (including phenoxy) is 2. The van der Waals surface area contributed by atoms with Gasteiger partial charge in [0.25, 0.3) is 11.4 Å². The third-order valence-corrected chi connectivity index (χ3v) is 6.98. The van der Waals surface area contributed by atoms with Crippen molar-refractivity contribution in [2.24, 2.45) is 0 Å². The average Bonchev–Trinajstić information content (AvgIpc) is 3.00. The first kappa shape index (κ1) is 38.9. The summed E-state index contributed by atoms with van der Waals surface area (Å²) in [5, 5.41) is 22.7. The van der Waals surface area contributed by atoms with Crippen LogP contribution in [0.1, 0.15) is 44.5 Å². The van der Waals surface area contributed by atoms with E-state index in [0.717, 1.165) is 24.3 Å². The SMILES string of the molecule is O=C(Oc1ccc([N+](=O)[O-])cc1Cc1cc(C(F)(F)F)cc(C(F)(F)F)c1)Oc1ccc([N+](=O)[O-])cc1Cc1cc(C(F)(F)F)cc(C(F)(F)F)c1. The van der Waals surface area contributed by atoms with Crippen molar-refractivity contribution in [2.75, 3.05) is 0 Å². The van der Waals surface area contributed by atoms with E-state index in [0.29, 0.717) is 36.4 Å². The van der Waals surface area contributed by atoms with Gasteiger partial charge >= 0.3 is 30.9 Å². The van der Waals surface area contributed by atoms with Crippen LogP contribution in [0.5, 0.6) is 11.5 Å². The van der Waals surface area contributed by atoms with Crippen LogP contribution in [-0.2, 0) is 37.5 Å². The van der Waals surface area contributed by atoms with Gasteiger partial charge in [0.1, 0.15) is 11.5 Å². The smallest absolute Gasteiger partial charge is 0.394 e. The summed E-state index contributed by atoms with van der Waals surface area (Å²) >= 11 is 0. The average molecular weight is 756 g/mol. The molecule has 0 atom stereocenters. The van der Waals surface area contributed by atoms with Crippen molar-refractivity contribution in [3.05, 3.63) is 138 Å². The predicted octanol–water partition coefficient (Wildman–Crippen LogP) is 10.3. The van der Waals surface area contributed by atoms with Gasteiger partial charge in [-0.05, 0) is 59.7 Å². The van der Waals surface area contributed by atoms with Crippen LogP contribution < -0.4 is 9.47 Å². The van der Waals surface area contributed by atoms with Crippen LogP contribution in [0.25, 0.3) is 0 Å². The number of carbonyl (C=O) groups excluding carboxylic acids is 1. The Morgan fingerprint density at radius 1 is 0.500 bits per heavy atom. The van der Waals surface area contributed by atoms with Crippen molar-refractivity contribution in [2.45, 2.75) is 37.5 Å². The molecule has 4 rings (SSSR count). The van der Waals surface area contributed by atoms with Gasteiger partial charge in [-0.1, -0.05) is 0 Å². The Labute approximate surface area is 281 Å². The molecule has 4 aromatic rings. The molecular weight excluding hydrogens is 740 g/mol. The number of nitrogens with zero attached hydrogens (tertiary/aromatic N) is 2. The van der Waals surface area contributed by atoms with Crippen LogP contribution in [0.4, 0.5) is 68.9 Å². The van der Waals surface area contributed by atoms with Gasteiger partial charge in [-0.2, -0.15) is 52.7 Å². The number of rotatable bonds is 8. The molecule has 4 aromatic carbocycles. The normalized spacial score (nSPS) is 12.4. The zero-order chi connectivity index (χ0) is 39.0. The number of non-ortho nitro benzene ring substituents is 2. The van der Waals surface area contributed by atoms with Crippen molar-refractivity contribution in [3.63, 3.8) is 0 Å². The minimum atomic E-state index is -5.26. The van der Waals surface area contributed by atoms with E-state index < -0.39 is 121 Å². The van der Waals surface area contributed by atoms with Crippen LogP contribution >= 0.6 is 0 Å². The minimum Gasteiger partial charge on any atom is -0.394 e. The lowest BCUT2D eigenvalue weighted by molar-refractivity contribution is -0.385. The summed E-state index contributed by atoms with van der Waals surface area (Å²) in [5.41, 5.74) is -10.8. The van der Waals surface area contributed by atoms with E-state index >= 15 is 0 Å². The molecule has 0 saturated heterocycles. The Balaban J connectivity index is 1.72. The molecule has 0 aliphatic rings. The van der Waals surface area contributed by atoms with Gasteiger partial charge in [-0.25, -0.2) is 4.79 Å². The Kier molecular flexibility index (Phi) is 10.5. The first-order chi connectivity index (χ1) is 23.8. The highest BCUT2D eigenvalue weighted by Crippen LogP contribution is 2.39. The Morgan fingerprint density at radius 3 is 1.04 bits per heavy atom. The summed E-state index contributed by atoms with van der Waals surface area (Å²) in [7, 11) is 0. The maximum atomic E-state index is 13.4. The van der Waals surface area contributed by atoms with E-state index in [9.17, 15) is 77.7 Å². The summed E-state index contributed by atoms with van der Waals surface area (Å²) in [6.45, 7) is 0. The molecule has 0 bridgehead atoms. The summed E-state index contributed by atoms with van der Waals surface area (Å²) in [4.78, 5) is 33.6. The molecule has 0 aliphatic carbocycles. The minimum absolute atomic E-state index is 0.170. The molecule has 276 valence electrons. The van der Waals surface area contributed by atoms with Gasteiger partial charge < -0.3 is 9.47 Å². The van der Waals surface area contributed by atoms with Crippen molar-refractivity contribution < 1.29 is 76.8 Å². The molecule has 0 radical (unpaired) electrons. The zero-order valence-corrected chi connectivity index (χ0v) is 25.1. The zero-order valence-electron chi connectivity index (χ0n) is 25.1. The molecule has 0 amide bonds. The number of nitro benzene ring substituents is 2. The molecule has 9 nitrogen and oxygen atoms in total. The first-order valence-electron chi connectivity index (χ1n) is 13.8. The van der Waals surface area contributed by atoms with Gasteiger partial charge in [0, 0.05) is 48.2 Å². The van der Waals surface area contributed by atoms with Crippen LogP contribution in [0.2, 0.25) is 0 Å².